The second-order valence-corrected chi connectivity index (χ2v) is 12.4. The topological polar surface area (TPSA) is 105 Å². The first-order valence-corrected chi connectivity index (χ1v) is 16.2. The van der Waals surface area contributed by atoms with E-state index in [0.29, 0.717) is 16.3 Å². The fourth-order valence-electron chi connectivity index (χ4n) is 4.88. The smallest absolute Gasteiger partial charge is 0.264 e. The van der Waals surface area contributed by atoms with Crippen molar-refractivity contribution in [1.82, 2.24) is 10.2 Å². The SMILES string of the molecule is CCOc1ccccc1N(CC(=O)N(Cc1cccc(OC)c1)[C@H](Cc1ccccc1)C(=O)NC)S(=O)(=O)c1ccc(Cl)cc1. The van der Waals surface area contributed by atoms with E-state index < -0.39 is 34.4 Å². The van der Waals surface area contributed by atoms with Crippen LogP contribution in [-0.4, -0.2) is 58.5 Å². The molecule has 45 heavy (non-hydrogen) atoms. The zero-order valence-corrected chi connectivity index (χ0v) is 26.9. The number of methoxy groups -OCH3 is 1. The van der Waals surface area contributed by atoms with Gasteiger partial charge in [-0.25, -0.2) is 8.42 Å². The standard InChI is InChI=1S/C34H36ClN3O6S/c1-4-44-32-16-9-8-15-30(32)38(45(41,42)29-19-17-27(35)18-20-29)24-33(39)37(23-26-13-10-14-28(21-26)43-3)31(34(40)36-2)22-25-11-6-5-7-12-25/h5-21,31H,4,22-24H2,1-3H3,(H,36,40)/t31-/m1/s1. The van der Waals surface area contributed by atoms with Crippen molar-refractivity contribution < 1.29 is 27.5 Å². The van der Waals surface area contributed by atoms with E-state index in [4.69, 9.17) is 21.1 Å². The molecule has 1 atom stereocenters. The van der Waals surface area contributed by atoms with Gasteiger partial charge >= 0.3 is 0 Å². The summed E-state index contributed by atoms with van der Waals surface area (Å²) < 4.78 is 40.6. The Hall–Kier alpha value is -4.54. The summed E-state index contributed by atoms with van der Waals surface area (Å²) in [5.74, 6) is -0.114. The summed E-state index contributed by atoms with van der Waals surface area (Å²) in [5.41, 5.74) is 1.72. The number of sulfonamides is 1. The molecule has 2 amide bonds. The minimum absolute atomic E-state index is 0.0168. The Bertz CT molecular complexity index is 1700. The van der Waals surface area contributed by atoms with Gasteiger partial charge in [0.05, 0.1) is 24.3 Å². The average molecular weight is 650 g/mol. The van der Waals surface area contributed by atoms with Gasteiger partial charge in [0.2, 0.25) is 11.8 Å². The van der Waals surface area contributed by atoms with E-state index in [9.17, 15) is 18.0 Å². The lowest BCUT2D eigenvalue weighted by molar-refractivity contribution is -0.139. The van der Waals surface area contributed by atoms with Crippen LogP contribution < -0.4 is 19.1 Å². The fraction of sp³-hybridized carbons (Fsp3) is 0.235. The van der Waals surface area contributed by atoms with Crippen molar-refractivity contribution in [3.63, 3.8) is 0 Å². The highest BCUT2D eigenvalue weighted by atomic mass is 35.5. The van der Waals surface area contributed by atoms with Crippen molar-refractivity contribution in [2.45, 2.75) is 30.8 Å². The van der Waals surface area contributed by atoms with E-state index in [2.05, 4.69) is 5.32 Å². The number of carbonyl (C=O) groups is 2. The normalized spacial score (nSPS) is 11.7. The number of ether oxygens (including phenoxy) is 2. The Labute approximate surface area is 269 Å². The van der Waals surface area contributed by atoms with Crippen LogP contribution in [0.4, 0.5) is 5.69 Å². The molecular formula is C34H36ClN3O6S. The maximum atomic E-state index is 14.5. The molecule has 0 radical (unpaired) electrons. The van der Waals surface area contributed by atoms with Crippen LogP contribution in [-0.2, 0) is 32.6 Å². The number of nitrogens with zero attached hydrogens (tertiary/aromatic N) is 2. The van der Waals surface area contributed by atoms with Gasteiger partial charge in [-0.05, 0) is 66.6 Å². The average Bonchev–Trinajstić information content (AvgIpc) is 3.06. The third-order valence-electron chi connectivity index (χ3n) is 7.12. The zero-order chi connectivity index (χ0) is 32.4. The number of anilines is 1. The Morgan fingerprint density at radius 3 is 2.22 bits per heavy atom. The summed E-state index contributed by atoms with van der Waals surface area (Å²) in [6.45, 7) is 1.47. The molecule has 4 rings (SSSR count). The molecule has 0 saturated heterocycles. The molecule has 0 heterocycles. The van der Waals surface area contributed by atoms with E-state index >= 15 is 0 Å². The first kappa shape index (κ1) is 33.4. The molecule has 0 spiro atoms. The van der Waals surface area contributed by atoms with Gasteiger partial charge in [-0.2, -0.15) is 0 Å². The summed E-state index contributed by atoms with van der Waals surface area (Å²) in [5, 5.41) is 3.05. The monoisotopic (exact) mass is 649 g/mol. The van der Waals surface area contributed by atoms with Crippen LogP contribution in [0.5, 0.6) is 11.5 Å². The summed E-state index contributed by atoms with van der Waals surface area (Å²) in [6.07, 6.45) is 0.204. The summed E-state index contributed by atoms with van der Waals surface area (Å²) in [4.78, 5) is 29.3. The summed E-state index contributed by atoms with van der Waals surface area (Å²) in [6, 6.07) is 27.9. The molecule has 0 aliphatic rings. The van der Waals surface area contributed by atoms with Gasteiger partial charge in [0.15, 0.2) is 0 Å². The highest BCUT2D eigenvalue weighted by molar-refractivity contribution is 7.92. The molecule has 0 aliphatic carbocycles. The predicted molar refractivity (Wildman–Crippen MR) is 175 cm³/mol. The van der Waals surface area contributed by atoms with Gasteiger partial charge in [0.1, 0.15) is 24.1 Å². The highest BCUT2D eigenvalue weighted by Crippen LogP contribution is 2.33. The minimum atomic E-state index is -4.31. The van der Waals surface area contributed by atoms with Gasteiger partial charge in [-0.3, -0.25) is 13.9 Å². The molecule has 0 aromatic heterocycles. The number of hydrogen-bond donors (Lipinski definition) is 1. The van der Waals surface area contributed by atoms with Crippen molar-refractivity contribution in [3.8, 4) is 11.5 Å². The number of halogens is 1. The van der Waals surface area contributed by atoms with Crippen LogP contribution in [0.3, 0.4) is 0 Å². The Balaban J connectivity index is 1.83. The molecule has 0 aliphatic heterocycles. The van der Waals surface area contributed by atoms with Crippen molar-refractivity contribution in [3.05, 3.63) is 119 Å². The van der Waals surface area contributed by atoms with Gasteiger partial charge in [-0.1, -0.05) is 66.2 Å². The lowest BCUT2D eigenvalue weighted by Gasteiger charge is -2.34. The lowest BCUT2D eigenvalue weighted by Crippen LogP contribution is -2.53. The van der Waals surface area contributed by atoms with E-state index in [0.717, 1.165) is 9.87 Å². The first-order valence-electron chi connectivity index (χ1n) is 14.4. The number of amides is 2. The van der Waals surface area contributed by atoms with Gasteiger partial charge < -0.3 is 19.7 Å². The molecule has 0 unspecified atom stereocenters. The van der Waals surface area contributed by atoms with Crippen LogP contribution in [0.1, 0.15) is 18.1 Å². The van der Waals surface area contributed by atoms with Crippen molar-refractivity contribution in [1.29, 1.82) is 0 Å². The second-order valence-electron chi connectivity index (χ2n) is 10.1. The molecule has 4 aromatic carbocycles. The Morgan fingerprint density at radius 1 is 0.889 bits per heavy atom. The number of likely N-dealkylation sites (N-methyl/N-ethyl adjacent to an activating group) is 1. The summed E-state index contributed by atoms with van der Waals surface area (Å²) >= 11 is 6.06. The van der Waals surface area contributed by atoms with E-state index in [1.54, 1.807) is 56.5 Å². The van der Waals surface area contributed by atoms with Crippen LogP contribution in [0.15, 0.2) is 108 Å². The molecule has 9 nitrogen and oxygen atoms in total. The fourth-order valence-corrected chi connectivity index (χ4v) is 6.43. The largest absolute Gasteiger partial charge is 0.497 e. The predicted octanol–water partition coefficient (Wildman–Crippen LogP) is 5.33. The molecule has 11 heteroatoms. The molecule has 0 saturated carbocycles. The Morgan fingerprint density at radius 2 is 1.56 bits per heavy atom. The Kier molecular flexibility index (Phi) is 11.5. The first-order chi connectivity index (χ1) is 21.7. The lowest BCUT2D eigenvalue weighted by atomic mass is 10.0. The third-order valence-corrected chi connectivity index (χ3v) is 9.14. The van der Waals surface area contributed by atoms with Crippen LogP contribution in [0.25, 0.3) is 0 Å². The van der Waals surface area contributed by atoms with Crippen LogP contribution >= 0.6 is 11.6 Å². The molecule has 1 N–H and O–H groups in total. The molecule has 4 aromatic rings. The number of benzene rings is 4. The van der Waals surface area contributed by atoms with E-state index in [1.165, 1.54) is 36.2 Å². The van der Waals surface area contributed by atoms with Gasteiger partial charge in [0.25, 0.3) is 10.0 Å². The second kappa shape index (κ2) is 15.5. The number of rotatable bonds is 14. The van der Waals surface area contributed by atoms with Crippen LogP contribution in [0.2, 0.25) is 5.02 Å². The molecule has 0 fully saturated rings. The van der Waals surface area contributed by atoms with Crippen molar-refractivity contribution in [2.24, 2.45) is 0 Å². The molecular weight excluding hydrogens is 614 g/mol. The number of carbonyl (C=O) groups excluding carboxylic acids is 2. The quantitative estimate of drug-likeness (QED) is 0.198. The zero-order valence-electron chi connectivity index (χ0n) is 25.4. The number of nitrogens with one attached hydrogen (secondary N) is 1. The van der Waals surface area contributed by atoms with Crippen molar-refractivity contribution >= 4 is 39.1 Å². The summed E-state index contributed by atoms with van der Waals surface area (Å²) in [7, 11) is -1.26. The van der Waals surface area contributed by atoms with Crippen LogP contribution in [0, 0.1) is 0 Å². The number of hydrogen-bond acceptors (Lipinski definition) is 6. The third kappa shape index (κ3) is 8.34. The maximum absolute atomic E-state index is 14.5. The highest BCUT2D eigenvalue weighted by Gasteiger charge is 2.35. The number of para-hydroxylation sites is 2. The van der Waals surface area contributed by atoms with E-state index in [-0.39, 0.29) is 35.9 Å². The molecule has 0 bridgehead atoms. The van der Waals surface area contributed by atoms with Gasteiger partial charge in [-0.15, -0.1) is 0 Å². The molecule has 236 valence electrons. The minimum Gasteiger partial charge on any atom is -0.497 e. The maximum Gasteiger partial charge on any atom is 0.264 e. The van der Waals surface area contributed by atoms with Crippen molar-refractivity contribution in [2.75, 3.05) is 31.6 Å². The van der Waals surface area contributed by atoms with Gasteiger partial charge in [0, 0.05) is 25.0 Å². The van der Waals surface area contributed by atoms with E-state index in [1.807, 2.05) is 36.4 Å².